The van der Waals surface area contributed by atoms with Crippen molar-refractivity contribution in [3.8, 4) is 17.2 Å². The predicted molar refractivity (Wildman–Crippen MR) is 142 cm³/mol. The van der Waals surface area contributed by atoms with Gasteiger partial charge in [0.05, 0.1) is 12.3 Å². The van der Waals surface area contributed by atoms with Crippen LogP contribution in [0.25, 0.3) is 11.5 Å². The van der Waals surface area contributed by atoms with Gasteiger partial charge in [-0.15, -0.1) is 0 Å². The van der Waals surface area contributed by atoms with E-state index in [1.807, 2.05) is 37.3 Å². The maximum Gasteiger partial charge on any atom is 0.410 e. The van der Waals surface area contributed by atoms with Crippen LogP contribution in [-0.4, -0.2) is 40.2 Å². The van der Waals surface area contributed by atoms with E-state index in [0.29, 0.717) is 41.4 Å². The van der Waals surface area contributed by atoms with E-state index in [-0.39, 0.29) is 13.2 Å². The first-order chi connectivity index (χ1) is 18.8. The Morgan fingerprint density at radius 2 is 1.79 bits per heavy atom. The molecule has 0 radical (unpaired) electrons. The Labute approximate surface area is 225 Å². The molecule has 39 heavy (non-hydrogen) atoms. The van der Waals surface area contributed by atoms with E-state index in [0.717, 1.165) is 21.9 Å². The number of oxazole rings is 1. The fourth-order valence-corrected chi connectivity index (χ4v) is 3.97. The van der Waals surface area contributed by atoms with Gasteiger partial charge >= 0.3 is 12.1 Å². The lowest BCUT2D eigenvalue weighted by Gasteiger charge is -2.21. The average Bonchev–Trinajstić information content (AvgIpc) is 3.29. The van der Waals surface area contributed by atoms with Crippen LogP contribution in [0.3, 0.4) is 0 Å². The zero-order valence-corrected chi connectivity index (χ0v) is 21.7. The second kappa shape index (κ2) is 12.7. The van der Waals surface area contributed by atoms with Crippen LogP contribution < -0.4 is 4.74 Å². The van der Waals surface area contributed by atoms with E-state index in [1.165, 1.54) is 12.1 Å². The summed E-state index contributed by atoms with van der Waals surface area (Å²) in [6.45, 7) is 3.06. The second-order valence-corrected chi connectivity index (χ2v) is 8.96. The number of ether oxygens (including phenoxy) is 2. The lowest BCUT2D eigenvalue weighted by atomic mass is 10.1. The Kier molecular flexibility index (Phi) is 8.94. The minimum atomic E-state index is -1.18. The zero-order valence-electron chi connectivity index (χ0n) is 21.7. The maximum absolute atomic E-state index is 13.8. The van der Waals surface area contributed by atoms with Gasteiger partial charge in [-0.05, 0) is 60.9 Å². The molecule has 0 atom stereocenters. The van der Waals surface area contributed by atoms with Gasteiger partial charge in [0, 0.05) is 18.5 Å². The Morgan fingerprint density at radius 1 is 1.03 bits per heavy atom. The number of hydrogen-bond donors (Lipinski definition) is 1. The quantitative estimate of drug-likeness (QED) is 0.255. The van der Waals surface area contributed by atoms with Gasteiger partial charge in [0.1, 0.15) is 30.5 Å². The van der Waals surface area contributed by atoms with Gasteiger partial charge < -0.3 is 19.0 Å². The van der Waals surface area contributed by atoms with Crippen LogP contribution in [0.1, 0.15) is 28.1 Å². The molecule has 1 heterocycles. The topological polar surface area (TPSA) is 102 Å². The molecule has 1 aromatic heterocycles. The number of aliphatic carboxylic acids is 1. The summed E-state index contributed by atoms with van der Waals surface area (Å²) >= 11 is 0. The number of carboxylic acid groups (broad SMARTS) is 1. The van der Waals surface area contributed by atoms with Crippen LogP contribution >= 0.6 is 0 Å². The minimum Gasteiger partial charge on any atom is -0.493 e. The molecular weight excluding hydrogens is 503 g/mol. The molecule has 0 bridgehead atoms. The number of rotatable bonds is 11. The summed E-state index contributed by atoms with van der Waals surface area (Å²) in [6, 6.07) is 21.2. The molecule has 0 aliphatic heterocycles. The highest BCUT2D eigenvalue weighted by Gasteiger charge is 2.20. The monoisotopic (exact) mass is 532 g/mol. The molecule has 0 fully saturated rings. The fourth-order valence-electron chi connectivity index (χ4n) is 3.97. The van der Waals surface area contributed by atoms with Crippen LogP contribution in [0.5, 0.6) is 5.75 Å². The lowest BCUT2D eigenvalue weighted by molar-refractivity contribution is -0.138. The van der Waals surface area contributed by atoms with E-state index >= 15 is 0 Å². The number of benzene rings is 3. The fraction of sp³-hybridized carbons (Fsp3) is 0.233. The van der Waals surface area contributed by atoms with Gasteiger partial charge in [0.25, 0.3) is 0 Å². The van der Waals surface area contributed by atoms with Crippen LogP contribution in [0.15, 0.2) is 77.2 Å². The molecule has 9 heteroatoms. The maximum atomic E-state index is 13.8. The molecule has 0 unspecified atom stereocenters. The Bertz CT molecular complexity index is 1440. The molecule has 0 saturated carbocycles. The van der Waals surface area contributed by atoms with Crippen LogP contribution in [0, 0.1) is 19.7 Å². The van der Waals surface area contributed by atoms with Crippen LogP contribution in [-0.2, 0) is 29.1 Å². The van der Waals surface area contributed by atoms with Crippen molar-refractivity contribution >= 4 is 12.1 Å². The molecule has 4 aromatic rings. The number of amides is 1. The van der Waals surface area contributed by atoms with Gasteiger partial charge in [-0.2, -0.15) is 0 Å². The third kappa shape index (κ3) is 7.44. The number of carbonyl (C=O) groups excluding carboxylic acids is 1. The minimum absolute atomic E-state index is 0.00665. The van der Waals surface area contributed by atoms with E-state index < -0.39 is 24.4 Å². The van der Waals surface area contributed by atoms with Crippen molar-refractivity contribution in [3.05, 3.63) is 107 Å². The molecule has 0 aliphatic carbocycles. The summed E-state index contributed by atoms with van der Waals surface area (Å²) in [6.07, 6.45) is -0.285. The Hall–Kier alpha value is -4.66. The van der Waals surface area contributed by atoms with Gasteiger partial charge in [-0.25, -0.2) is 14.2 Å². The molecule has 0 saturated heterocycles. The number of carboxylic acids is 1. The molecule has 0 aliphatic rings. The third-order valence-corrected chi connectivity index (χ3v) is 6.11. The average molecular weight is 533 g/mol. The van der Waals surface area contributed by atoms with Crippen molar-refractivity contribution in [2.75, 3.05) is 13.2 Å². The number of nitrogens with zero attached hydrogens (tertiary/aromatic N) is 2. The molecule has 1 amide bonds. The highest BCUT2D eigenvalue weighted by atomic mass is 19.1. The first-order valence-corrected chi connectivity index (χ1v) is 12.4. The predicted octanol–water partition coefficient (Wildman–Crippen LogP) is 5.94. The van der Waals surface area contributed by atoms with E-state index in [9.17, 15) is 19.1 Å². The summed E-state index contributed by atoms with van der Waals surface area (Å²) in [5.74, 6) is 0.263. The van der Waals surface area contributed by atoms with Crippen molar-refractivity contribution < 1.29 is 33.0 Å². The first kappa shape index (κ1) is 27.4. The third-order valence-electron chi connectivity index (χ3n) is 6.11. The highest BCUT2D eigenvalue weighted by molar-refractivity contribution is 5.76. The molecular formula is C30H29FN2O6. The largest absolute Gasteiger partial charge is 0.493 e. The van der Waals surface area contributed by atoms with E-state index in [2.05, 4.69) is 4.98 Å². The molecule has 202 valence electrons. The molecule has 3 aromatic carbocycles. The zero-order chi connectivity index (χ0) is 27.8. The summed E-state index contributed by atoms with van der Waals surface area (Å²) < 4.78 is 30.8. The normalized spacial score (nSPS) is 10.7. The standard InChI is InChI=1S/C30H29FN2O6/c1-20-24(11-7-13-26(20)31)19-38-30(36)33(18-28(34)35)17-22-8-6-12-25(16-22)37-15-14-27-21(2)39-29(32-27)23-9-4-3-5-10-23/h3-13,16H,14-15,17-19H2,1-2H3,(H,34,35). The van der Waals surface area contributed by atoms with Crippen molar-refractivity contribution in [2.24, 2.45) is 0 Å². The molecule has 1 N–H and O–H groups in total. The number of carbonyl (C=O) groups is 2. The van der Waals surface area contributed by atoms with Gasteiger partial charge in [0.2, 0.25) is 5.89 Å². The summed E-state index contributed by atoms with van der Waals surface area (Å²) in [5, 5.41) is 9.32. The summed E-state index contributed by atoms with van der Waals surface area (Å²) in [5.41, 5.74) is 3.24. The Morgan fingerprint density at radius 3 is 2.56 bits per heavy atom. The summed E-state index contributed by atoms with van der Waals surface area (Å²) in [4.78, 5) is 29.8. The number of hydrogen-bond acceptors (Lipinski definition) is 6. The lowest BCUT2D eigenvalue weighted by Crippen LogP contribution is -2.35. The number of aryl methyl sites for hydroxylation is 1. The highest BCUT2D eigenvalue weighted by Crippen LogP contribution is 2.22. The SMILES string of the molecule is Cc1oc(-c2ccccc2)nc1CCOc1cccc(CN(CC(=O)O)C(=O)OCc2cccc(F)c2C)c1. The smallest absolute Gasteiger partial charge is 0.410 e. The van der Waals surface area contributed by atoms with Crippen molar-refractivity contribution in [2.45, 2.75) is 33.4 Å². The Balaban J connectivity index is 1.35. The molecule has 4 rings (SSSR count). The van der Waals surface area contributed by atoms with Gasteiger partial charge in [-0.3, -0.25) is 9.69 Å². The second-order valence-electron chi connectivity index (χ2n) is 8.96. The van der Waals surface area contributed by atoms with Crippen molar-refractivity contribution in [3.63, 3.8) is 0 Å². The van der Waals surface area contributed by atoms with Gasteiger partial charge in [-0.1, -0.05) is 42.5 Å². The van der Waals surface area contributed by atoms with Crippen molar-refractivity contribution in [1.29, 1.82) is 0 Å². The van der Waals surface area contributed by atoms with E-state index in [4.69, 9.17) is 13.9 Å². The molecule has 0 spiro atoms. The number of halogens is 1. The molecule has 8 nitrogen and oxygen atoms in total. The van der Waals surface area contributed by atoms with Crippen LogP contribution in [0.2, 0.25) is 0 Å². The van der Waals surface area contributed by atoms with E-state index in [1.54, 1.807) is 37.3 Å². The van der Waals surface area contributed by atoms with Gasteiger partial charge in [0.15, 0.2) is 0 Å². The summed E-state index contributed by atoms with van der Waals surface area (Å²) in [7, 11) is 0. The van der Waals surface area contributed by atoms with Crippen molar-refractivity contribution in [1.82, 2.24) is 9.88 Å². The first-order valence-electron chi connectivity index (χ1n) is 12.4. The van der Waals surface area contributed by atoms with Crippen LogP contribution in [0.4, 0.5) is 9.18 Å². The number of aromatic nitrogens is 1.